The van der Waals surface area contributed by atoms with Crippen molar-refractivity contribution in [2.75, 3.05) is 6.61 Å². The second-order valence-corrected chi connectivity index (χ2v) is 7.29. The molecule has 0 saturated carbocycles. The second kappa shape index (κ2) is 7.64. The normalized spacial score (nSPS) is 16.8. The van der Waals surface area contributed by atoms with Crippen LogP contribution in [0.3, 0.4) is 0 Å². The van der Waals surface area contributed by atoms with Crippen molar-refractivity contribution in [2.24, 2.45) is 5.92 Å². The van der Waals surface area contributed by atoms with Crippen LogP contribution in [-0.4, -0.2) is 22.8 Å². The fourth-order valence-electron chi connectivity index (χ4n) is 3.05. The van der Waals surface area contributed by atoms with Crippen molar-refractivity contribution < 1.29 is 18.7 Å². The number of carbonyl (C=O) groups is 1. The first-order valence-corrected chi connectivity index (χ1v) is 9.39. The molecule has 28 heavy (non-hydrogen) atoms. The molecule has 144 valence electrons. The van der Waals surface area contributed by atoms with E-state index in [1.54, 1.807) is 13.0 Å². The Labute approximate surface area is 167 Å². The highest BCUT2D eigenvalue weighted by Gasteiger charge is 2.30. The molecule has 0 saturated heterocycles. The highest BCUT2D eigenvalue weighted by Crippen LogP contribution is 2.31. The number of hydrogen-bond acceptors (Lipinski definition) is 6. The van der Waals surface area contributed by atoms with Gasteiger partial charge in [0, 0.05) is 10.6 Å². The lowest BCUT2D eigenvalue weighted by Crippen LogP contribution is -2.30. The third-order valence-electron chi connectivity index (χ3n) is 4.64. The van der Waals surface area contributed by atoms with Gasteiger partial charge in [-0.25, -0.2) is 0 Å². The van der Waals surface area contributed by atoms with Gasteiger partial charge in [0.05, 0.1) is 5.92 Å². The summed E-state index contributed by atoms with van der Waals surface area (Å²) < 4.78 is 16.9. The summed E-state index contributed by atoms with van der Waals surface area (Å²) in [4.78, 5) is 12.6. The Balaban J connectivity index is 1.42. The molecule has 0 N–H and O–H groups in total. The van der Waals surface area contributed by atoms with Gasteiger partial charge in [-0.05, 0) is 56.2 Å². The Hall–Kier alpha value is -2.86. The van der Waals surface area contributed by atoms with Gasteiger partial charge in [-0.2, -0.15) is 0 Å². The first kappa shape index (κ1) is 18.5. The molecular formula is C21H19ClN2O4. The van der Waals surface area contributed by atoms with E-state index in [1.165, 1.54) is 0 Å². The maximum Gasteiger partial charge on any atom is 0.313 e. The average Bonchev–Trinajstić information content (AvgIpc) is 3.18. The van der Waals surface area contributed by atoms with E-state index < -0.39 is 12.0 Å². The fourth-order valence-corrected chi connectivity index (χ4v) is 3.24. The van der Waals surface area contributed by atoms with Crippen molar-refractivity contribution in [1.82, 2.24) is 10.2 Å². The van der Waals surface area contributed by atoms with Gasteiger partial charge in [-0.15, -0.1) is 10.2 Å². The minimum Gasteiger partial charge on any atom is -0.492 e. The van der Waals surface area contributed by atoms with E-state index in [4.69, 9.17) is 25.5 Å². The van der Waals surface area contributed by atoms with Crippen LogP contribution in [0, 0.1) is 12.8 Å². The lowest BCUT2D eigenvalue weighted by Gasteiger charge is -2.24. The van der Waals surface area contributed by atoms with Crippen LogP contribution in [0.4, 0.5) is 0 Å². The van der Waals surface area contributed by atoms with Crippen molar-refractivity contribution in [3.63, 3.8) is 0 Å². The summed E-state index contributed by atoms with van der Waals surface area (Å²) in [5.41, 5.74) is 2.85. The zero-order valence-corrected chi connectivity index (χ0v) is 16.3. The number of fused-ring (bicyclic) bond motifs is 1. The van der Waals surface area contributed by atoms with Crippen molar-refractivity contribution in [1.29, 1.82) is 0 Å². The van der Waals surface area contributed by atoms with Gasteiger partial charge in [-0.3, -0.25) is 4.79 Å². The molecule has 1 aliphatic rings. The topological polar surface area (TPSA) is 74.5 Å². The maximum absolute atomic E-state index is 12.6. The third kappa shape index (κ3) is 3.87. The molecule has 0 amide bonds. The molecule has 0 aliphatic carbocycles. The summed E-state index contributed by atoms with van der Waals surface area (Å²) in [7, 11) is 0. The number of aryl methyl sites for hydroxylation is 1. The molecule has 2 heterocycles. The second-order valence-electron chi connectivity index (χ2n) is 6.85. The van der Waals surface area contributed by atoms with Gasteiger partial charge in [0.2, 0.25) is 5.89 Å². The number of benzene rings is 2. The number of esters is 1. The number of nitrogens with zero attached hydrogens (tertiary/aromatic N) is 2. The van der Waals surface area contributed by atoms with Crippen molar-refractivity contribution in [3.8, 4) is 17.2 Å². The van der Waals surface area contributed by atoms with Gasteiger partial charge < -0.3 is 13.9 Å². The highest BCUT2D eigenvalue weighted by molar-refractivity contribution is 6.30. The van der Waals surface area contributed by atoms with E-state index in [0.717, 1.165) is 22.4 Å². The number of hydrogen-bond donors (Lipinski definition) is 0. The lowest BCUT2D eigenvalue weighted by atomic mass is 9.97. The molecule has 0 radical (unpaired) electrons. The minimum absolute atomic E-state index is 0.254. The van der Waals surface area contributed by atoms with E-state index in [1.807, 2.05) is 43.3 Å². The monoisotopic (exact) mass is 398 g/mol. The zero-order valence-electron chi connectivity index (χ0n) is 15.5. The van der Waals surface area contributed by atoms with E-state index in [0.29, 0.717) is 17.3 Å². The SMILES string of the molecule is Cc1ccc(-c2nnc([C@@H](C)OC(=O)[C@H]3COc4ccc(Cl)cc4C3)o2)cc1. The van der Waals surface area contributed by atoms with Crippen LogP contribution in [0.1, 0.15) is 30.0 Å². The summed E-state index contributed by atoms with van der Waals surface area (Å²) in [6.07, 6.45) is -0.139. The van der Waals surface area contributed by atoms with Crippen LogP contribution in [0.15, 0.2) is 46.9 Å². The third-order valence-corrected chi connectivity index (χ3v) is 4.88. The van der Waals surface area contributed by atoms with Crippen LogP contribution in [-0.2, 0) is 16.0 Å². The molecule has 3 aromatic rings. The van der Waals surface area contributed by atoms with Crippen molar-refractivity contribution >= 4 is 17.6 Å². The van der Waals surface area contributed by atoms with Crippen LogP contribution < -0.4 is 4.74 Å². The van der Waals surface area contributed by atoms with Crippen molar-refractivity contribution in [3.05, 3.63) is 64.5 Å². The molecular weight excluding hydrogens is 380 g/mol. The van der Waals surface area contributed by atoms with E-state index in [9.17, 15) is 4.79 Å². The highest BCUT2D eigenvalue weighted by atomic mass is 35.5. The Bertz CT molecular complexity index is 1000. The van der Waals surface area contributed by atoms with Crippen LogP contribution >= 0.6 is 11.6 Å². The summed E-state index contributed by atoms with van der Waals surface area (Å²) in [6, 6.07) is 13.1. The maximum atomic E-state index is 12.6. The van der Waals surface area contributed by atoms with E-state index in [2.05, 4.69) is 10.2 Å². The van der Waals surface area contributed by atoms with Crippen molar-refractivity contribution in [2.45, 2.75) is 26.4 Å². The molecule has 1 aliphatic heterocycles. The standard InChI is InChI=1S/C21H19ClN2O4/c1-12-3-5-14(6-4-12)20-24-23-19(28-20)13(2)27-21(25)16-9-15-10-17(22)7-8-18(15)26-11-16/h3-8,10,13,16H,9,11H2,1-2H3/t13-,16-/m1/s1. The van der Waals surface area contributed by atoms with E-state index in [-0.39, 0.29) is 18.5 Å². The van der Waals surface area contributed by atoms with Crippen LogP contribution in [0.2, 0.25) is 5.02 Å². The molecule has 2 aromatic carbocycles. The van der Waals surface area contributed by atoms with Crippen LogP contribution in [0.25, 0.3) is 11.5 Å². The molecule has 4 rings (SSSR count). The Morgan fingerprint density at radius 1 is 1.21 bits per heavy atom. The summed E-state index contributed by atoms with van der Waals surface area (Å²) in [5, 5.41) is 8.68. The average molecular weight is 399 g/mol. The van der Waals surface area contributed by atoms with Gasteiger partial charge in [0.1, 0.15) is 12.4 Å². The lowest BCUT2D eigenvalue weighted by molar-refractivity contribution is -0.156. The molecule has 0 bridgehead atoms. The molecule has 2 atom stereocenters. The molecule has 0 unspecified atom stereocenters. The fraction of sp³-hybridized carbons (Fsp3) is 0.286. The number of rotatable bonds is 4. The summed E-state index contributed by atoms with van der Waals surface area (Å²) in [6.45, 7) is 3.98. The quantitative estimate of drug-likeness (QED) is 0.600. The zero-order chi connectivity index (χ0) is 19.7. The van der Waals surface area contributed by atoms with Gasteiger partial charge in [0.25, 0.3) is 5.89 Å². The number of ether oxygens (including phenoxy) is 2. The number of aromatic nitrogens is 2. The van der Waals surface area contributed by atoms with Gasteiger partial charge >= 0.3 is 5.97 Å². The number of halogens is 1. The Kier molecular flexibility index (Phi) is 5.05. The van der Waals surface area contributed by atoms with Gasteiger partial charge in [-0.1, -0.05) is 29.3 Å². The Morgan fingerprint density at radius 2 is 2.00 bits per heavy atom. The molecule has 6 nitrogen and oxygen atoms in total. The van der Waals surface area contributed by atoms with Crippen LogP contribution in [0.5, 0.6) is 5.75 Å². The number of carbonyl (C=O) groups excluding carboxylic acids is 1. The first-order valence-electron chi connectivity index (χ1n) is 9.02. The smallest absolute Gasteiger partial charge is 0.313 e. The molecule has 0 spiro atoms. The largest absolute Gasteiger partial charge is 0.492 e. The van der Waals surface area contributed by atoms with E-state index >= 15 is 0 Å². The predicted octanol–water partition coefficient (Wildman–Crippen LogP) is 4.55. The molecule has 0 fully saturated rings. The minimum atomic E-state index is -0.653. The summed E-state index contributed by atoms with van der Waals surface area (Å²) in [5.74, 6) is 0.619. The predicted molar refractivity (Wildman–Crippen MR) is 103 cm³/mol. The summed E-state index contributed by atoms with van der Waals surface area (Å²) >= 11 is 6.03. The van der Waals surface area contributed by atoms with Gasteiger partial charge in [0.15, 0.2) is 6.10 Å². The molecule has 1 aromatic heterocycles. The molecule has 7 heteroatoms. The first-order chi connectivity index (χ1) is 13.5. The Morgan fingerprint density at radius 3 is 2.79 bits per heavy atom.